The van der Waals surface area contributed by atoms with E-state index in [2.05, 4.69) is 5.32 Å². The Labute approximate surface area is 125 Å². The lowest BCUT2D eigenvalue weighted by molar-refractivity contribution is -0.121. The highest BCUT2D eigenvalue weighted by Crippen LogP contribution is 2.14. The number of hydrogen-bond donors (Lipinski definition) is 1. The lowest BCUT2D eigenvalue weighted by Gasteiger charge is -2.11. The zero-order valence-electron chi connectivity index (χ0n) is 11.6. The number of para-hydroxylation sites is 1. The van der Waals surface area contributed by atoms with Crippen LogP contribution < -0.4 is 10.7 Å². The maximum Gasteiger partial charge on any atom is 0.240 e. The molecule has 112 valence electrons. The Hall–Kier alpha value is -2.89. The van der Waals surface area contributed by atoms with Crippen molar-refractivity contribution in [1.82, 2.24) is 9.88 Å². The molecule has 0 aliphatic rings. The summed E-state index contributed by atoms with van der Waals surface area (Å²) in [4.78, 5) is 23.7. The van der Waals surface area contributed by atoms with Crippen LogP contribution in [0, 0.1) is 5.82 Å². The van der Waals surface area contributed by atoms with Crippen LogP contribution in [0.25, 0.3) is 10.9 Å². The molecule has 0 saturated carbocycles. The molecule has 2 heterocycles. The van der Waals surface area contributed by atoms with Gasteiger partial charge in [0.2, 0.25) is 5.91 Å². The van der Waals surface area contributed by atoms with Crippen LogP contribution in [0.15, 0.2) is 58.1 Å². The van der Waals surface area contributed by atoms with E-state index in [-0.39, 0.29) is 35.3 Å². The Morgan fingerprint density at radius 2 is 2.09 bits per heavy atom. The fourth-order valence-corrected chi connectivity index (χ4v) is 2.27. The number of fused-ring (bicyclic) bond motifs is 1. The van der Waals surface area contributed by atoms with Crippen molar-refractivity contribution in [3.8, 4) is 0 Å². The minimum atomic E-state index is -0.533. The molecule has 3 aromatic rings. The van der Waals surface area contributed by atoms with Gasteiger partial charge < -0.3 is 14.3 Å². The van der Waals surface area contributed by atoms with Gasteiger partial charge in [0.05, 0.1) is 18.3 Å². The zero-order valence-corrected chi connectivity index (χ0v) is 11.6. The highest BCUT2D eigenvalue weighted by atomic mass is 19.1. The first kappa shape index (κ1) is 14.1. The molecule has 0 radical (unpaired) electrons. The number of carbonyl (C=O) groups is 1. The van der Waals surface area contributed by atoms with Crippen molar-refractivity contribution in [3.63, 3.8) is 0 Å². The third-order valence-corrected chi connectivity index (χ3v) is 3.30. The minimum Gasteiger partial charge on any atom is -0.467 e. The lowest BCUT2D eigenvalue weighted by atomic mass is 10.2. The van der Waals surface area contributed by atoms with Crippen LogP contribution in [0.5, 0.6) is 0 Å². The molecule has 0 atom stereocenters. The molecule has 1 amide bonds. The molecule has 0 fully saturated rings. The molecular weight excluding hydrogens is 287 g/mol. The van der Waals surface area contributed by atoms with E-state index >= 15 is 0 Å². The van der Waals surface area contributed by atoms with Crippen LogP contribution in [-0.2, 0) is 17.9 Å². The number of nitrogens with one attached hydrogen (secondary N) is 1. The third kappa shape index (κ3) is 2.76. The molecule has 0 aliphatic heterocycles. The number of amides is 1. The first-order chi connectivity index (χ1) is 10.6. The second-order valence-electron chi connectivity index (χ2n) is 4.80. The molecule has 6 heteroatoms. The molecular formula is C16H13FN2O3. The van der Waals surface area contributed by atoms with Gasteiger partial charge in [0, 0.05) is 17.6 Å². The van der Waals surface area contributed by atoms with E-state index in [1.165, 1.54) is 41.3 Å². The Morgan fingerprint density at radius 1 is 1.23 bits per heavy atom. The van der Waals surface area contributed by atoms with Gasteiger partial charge in [-0.25, -0.2) is 4.39 Å². The first-order valence-corrected chi connectivity index (χ1v) is 6.72. The number of hydrogen-bond acceptors (Lipinski definition) is 3. The van der Waals surface area contributed by atoms with Gasteiger partial charge in [-0.15, -0.1) is 0 Å². The van der Waals surface area contributed by atoms with E-state index in [4.69, 9.17) is 4.42 Å². The van der Waals surface area contributed by atoms with Crippen molar-refractivity contribution in [2.75, 3.05) is 0 Å². The summed E-state index contributed by atoms with van der Waals surface area (Å²) in [5.74, 6) is -0.206. The number of carbonyl (C=O) groups excluding carboxylic acids is 1. The number of aromatic nitrogens is 1. The van der Waals surface area contributed by atoms with Crippen molar-refractivity contribution < 1.29 is 13.6 Å². The SMILES string of the molecule is O=C(Cn1ccc(=O)c2cccc(F)c21)NCc1ccco1. The van der Waals surface area contributed by atoms with Crippen LogP contribution in [0.3, 0.4) is 0 Å². The Morgan fingerprint density at radius 3 is 2.86 bits per heavy atom. The average Bonchev–Trinajstić information content (AvgIpc) is 3.02. The molecule has 3 rings (SSSR count). The van der Waals surface area contributed by atoms with Crippen molar-refractivity contribution in [2.24, 2.45) is 0 Å². The van der Waals surface area contributed by atoms with Crippen molar-refractivity contribution >= 4 is 16.8 Å². The maximum atomic E-state index is 14.0. The fraction of sp³-hybridized carbons (Fsp3) is 0.125. The molecule has 5 nitrogen and oxygen atoms in total. The number of benzene rings is 1. The Bertz CT molecular complexity index is 869. The summed E-state index contributed by atoms with van der Waals surface area (Å²) in [5, 5.41) is 2.93. The summed E-state index contributed by atoms with van der Waals surface area (Å²) in [6, 6.07) is 9.07. The Kier molecular flexibility index (Phi) is 3.74. The van der Waals surface area contributed by atoms with Crippen LogP contribution >= 0.6 is 0 Å². The zero-order chi connectivity index (χ0) is 15.5. The van der Waals surface area contributed by atoms with E-state index < -0.39 is 5.82 Å². The topological polar surface area (TPSA) is 64.2 Å². The second-order valence-corrected chi connectivity index (χ2v) is 4.80. The van der Waals surface area contributed by atoms with Crippen LogP contribution in [0.1, 0.15) is 5.76 Å². The van der Waals surface area contributed by atoms with E-state index in [0.29, 0.717) is 5.76 Å². The van der Waals surface area contributed by atoms with E-state index in [1.807, 2.05) is 0 Å². The molecule has 22 heavy (non-hydrogen) atoms. The predicted molar refractivity (Wildman–Crippen MR) is 78.7 cm³/mol. The quantitative estimate of drug-likeness (QED) is 0.802. The molecule has 1 aromatic carbocycles. The van der Waals surface area contributed by atoms with Gasteiger partial charge in [-0.1, -0.05) is 6.07 Å². The summed E-state index contributed by atoms with van der Waals surface area (Å²) in [6.45, 7) is 0.171. The predicted octanol–water partition coefficient (Wildman–Crippen LogP) is 2.05. The molecule has 0 bridgehead atoms. The standard InChI is InChI=1S/C16H13FN2O3/c17-13-5-1-4-12-14(20)6-7-19(16(12)13)10-15(21)18-9-11-3-2-8-22-11/h1-8H,9-10H2,(H,18,21). The monoisotopic (exact) mass is 300 g/mol. The van der Waals surface area contributed by atoms with Crippen LogP contribution in [-0.4, -0.2) is 10.5 Å². The lowest BCUT2D eigenvalue weighted by Crippen LogP contribution is -2.27. The fourth-order valence-electron chi connectivity index (χ4n) is 2.27. The van der Waals surface area contributed by atoms with Gasteiger partial charge in [0.25, 0.3) is 0 Å². The van der Waals surface area contributed by atoms with Gasteiger partial charge in [0.15, 0.2) is 5.43 Å². The smallest absolute Gasteiger partial charge is 0.240 e. The maximum absolute atomic E-state index is 14.0. The summed E-state index contributed by atoms with van der Waals surface area (Å²) >= 11 is 0. The van der Waals surface area contributed by atoms with Crippen LogP contribution in [0.4, 0.5) is 4.39 Å². The van der Waals surface area contributed by atoms with Crippen molar-refractivity contribution in [2.45, 2.75) is 13.1 Å². The first-order valence-electron chi connectivity index (χ1n) is 6.72. The summed E-state index contributed by atoms with van der Waals surface area (Å²) < 4.78 is 20.5. The number of halogens is 1. The third-order valence-electron chi connectivity index (χ3n) is 3.30. The number of nitrogens with zero attached hydrogens (tertiary/aromatic N) is 1. The molecule has 0 spiro atoms. The largest absolute Gasteiger partial charge is 0.467 e. The van der Waals surface area contributed by atoms with Gasteiger partial charge in [-0.3, -0.25) is 9.59 Å². The average molecular weight is 300 g/mol. The number of rotatable bonds is 4. The van der Waals surface area contributed by atoms with Gasteiger partial charge >= 0.3 is 0 Å². The van der Waals surface area contributed by atoms with Gasteiger partial charge in [-0.05, 0) is 24.3 Å². The van der Waals surface area contributed by atoms with E-state index in [0.717, 1.165) is 0 Å². The normalized spacial score (nSPS) is 10.8. The van der Waals surface area contributed by atoms with E-state index in [9.17, 15) is 14.0 Å². The van der Waals surface area contributed by atoms with Gasteiger partial charge in [-0.2, -0.15) is 0 Å². The molecule has 0 aliphatic carbocycles. The highest BCUT2D eigenvalue weighted by molar-refractivity contribution is 5.82. The molecule has 2 aromatic heterocycles. The minimum absolute atomic E-state index is 0.0849. The number of pyridine rings is 1. The van der Waals surface area contributed by atoms with Gasteiger partial charge in [0.1, 0.15) is 18.1 Å². The highest BCUT2D eigenvalue weighted by Gasteiger charge is 2.10. The Balaban J connectivity index is 1.83. The second kappa shape index (κ2) is 5.85. The summed E-state index contributed by atoms with van der Waals surface area (Å²) in [7, 11) is 0. The summed E-state index contributed by atoms with van der Waals surface area (Å²) in [5.41, 5.74) is -0.148. The molecule has 0 unspecified atom stereocenters. The van der Waals surface area contributed by atoms with E-state index in [1.54, 1.807) is 12.1 Å². The molecule has 0 saturated heterocycles. The van der Waals surface area contributed by atoms with Crippen LogP contribution in [0.2, 0.25) is 0 Å². The van der Waals surface area contributed by atoms with Crippen molar-refractivity contribution in [1.29, 1.82) is 0 Å². The molecule has 1 N–H and O–H groups in total. The summed E-state index contributed by atoms with van der Waals surface area (Å²) in [6.07, 6.45) is 2.94. The van der Waals surface area contributed by atoms with Crippen molar-refractivity contribution in [3.05, 3.63) is 70.7 Å². The number of furan rings is 1.